The summed E-state index contributed by atoms with van der Waals surface area (Å²) in [6, 6.07) is 12.7. The van der Waals surface area contributed by atoms with Crippen LogP contribution < -0.4 is 15.8 Å². The van der Waals surface area contributed by atoms with E-state index in [4.69, 9.17) is 11.6 Å². The summed E-state index contributed by atoms with van der Waals surface area (Å²) in [5, 5.41) is 0.517. The minimum Gasteiger partial charge on any atom is -0.287 e. The zero-order valence-electron chi connectivity index (χ0n) is 13.5. The van der Waals surface area contributed by atoms with Gasteiger partial charge < -0.3 is 0 Å². The van der Waals surface area contributed by atoms with Crippen LogP contribution in [0.25, 0.3) is 0 Å². The average Bonchev–Trinajstić information content (AvgIpc) is 2.87. The Bertz CT molecular complexity index is 836. The molecule has 25 heavy (non-hydrogen) atoms. The fourth-order valence-electron chi connectivity index (χ4n) is 2.62. The maximum absolute atomic E-state index is 12.5. The molecule has 1 aliphatic rings. The van der Waals surface area contributed by atoms with Gasteiger partial charge in [0.1, 0.15) is 6.04 Å². The number of carbonyl (C=O) groups is 3. The molecule has 0 aromatic heterocycles. The standard InChI is InChI=1S/C18H16ClN3O3/c1-11-3-2-4-12(9-11)17(24)21-20-15-10-16(23)22(18(15)25)14-7-5-13(19)6-8-14/h2-9,15,20H,10H2,1H3,(H,21,24). The van der Waals surface area contributed by atoms with Crippen LogP contribution in [0.5, 0.6) is 0 Å². The van der Waals surface area contributed by atoms with Crippen LogP contribution in [0.2, 0.25) is 5.02 Å². The van der Waals surface area contributed by atoms with E-state index in [0.29, 0.717) is 16.3 Å². The Labute approximate surface area is 149 Å². The Morgan fingerprint density at radius 2 is 1.88 bits per heavy atom. The first-order valence-electron chi connectivity index (χ1n) is 7.70. The van der Waals surface area contributed by atoms with E-state index >= 15 is 0 Å². The molecule has 3 rings (SSSR count). The lowest BCUT2D eigenvalue weighted by molar-refractivity contribution is -0.121. The molecule has 6 nitrogen and oxygen atoms in total. The number of anilines is 1. The lowest BCUT2D eigenvalue weighted by atomic mass is 10.1. The number of hydrogen-bond donors (Lipinski definition) is 2. The molecule has 2 aromatic rings. The zero-order chi connectivity index (χ0) is 18.0. The summed E-state index contributed by atoms with van der Waals surface area (Å²) >= 11 is 5.83. The Hall–Kier alpha value is -2.70. The van der Waals surface area contributed by atoms with Gasteiger partial charge in [0.05, 0.1) is 12.1 Å². The van der Waals surface area contributed by atoms with Crippen LogP contribution in [0.3, 0.4) is 0 Å². The maximum atomic E-state index is 12.5. The van der Waals surface area contributed by atoms with E-state index in [1.807, 2.05) is 13.0 Å². The third-order valence-electron chi connectivity index (χ3n) is 3.87. The molecule has 0 spiro atoms. The predicted molar refractivity (Wildman–Crippen MR) is 94.1 cm³/mol. The number of hydrogen-bond acceptors (Lipinski definition) is 4. The Morgan fingerprint density at radius 3 is 2.56 bits per heavy atom. The number of benzene rings is 2. The number of nitrogens with one attached hydrogen (secondary N) is 2. The first-order valence-corrected chi connectivity index (χ1v) is 8.08. The van der Waals surface area contributed by atoms with Gasteiger partial charge in [-0.3, -0.25) is 19.8 Å². The number of aryl methyl sites for hydroxylation is 1. The Kier molecular flexibility index (Phi) is 4.83. The van der Waals surface area contributed by atoms with E-state index in [9.17, 15) is 14.4 Å². The summed E-state index contributed by atoms with van der Waals surface area (Å²) in [7, 11) is 0. The van der Waals surface area contributed by atoms with Gasteiger partial charge in [-0.2, -0.15) is 0 Å². The van der Waals surface area contributed by atoms with Crippen LogP contribution in [-0.2, 0) is 9.59 Å². The number of nitrogens with zero attached hydrogens (tertiary/aromatic N) is 1. The zero-order valence-corrected chi connectivity index (χ0v) is 14.2. The molecule has 1 saturated heterocycles. The van der Waals surface area contributed by atoms with Gasteiger partial charge in [-0.25, -0.2) is 10.3 Å². The number of amides is 3. The van der Waals surface area contributed by atoms with E-state index in [1.165, 1.54) is 0 Å². The molecule has 0 aliphatic carbocycles. The van der Waals surface area contributed by atoms with Crippen molar-refractivity contribution in [1.29, 1.82) is 0 Å². The van der Waals surface area contributed by atoms with Gasteiger partial charge in [0.2, 0.25) is 5.91 Å². The highest BCUT2D eigenvalue weighted by Crippen LogP contribution is 2.24. The van der Waals surface area contributed by atoms with Crippen molar-refractivity contribution in [1.82, 2.24) is 10.9 Å². The van der Waals surface area contributed by atoms with Crippen LogP contribution in [0.4, 0.5) is 5.69 Å². The number of hydrazine groups is 1. The van der Waals surface area contributed by atoms with E-state index in [0.717, 1.165) is 10.5 Å². The maximum Gasteiger partial charge on any atom is 0.265 e. The summed E-state index contributed by atoms with van der Waals surface area (Å²) in [4.78, 5) is 37.8. The molecule has 128 valence electrons. The molecule has 1 aliphatic heterocycles. The predicted octanol–water partition coefficient (Wildman–Crippen LogP) is 2.21. The molecule has 1 heterocycles. The number of rotatable bonds is 4. The van der Waals surface area contributed by atoms with Crippen molar-refractivity contribution in [2.75, 3.05) is 4.90 Å². The summed E-state index contributed by atoms with van der Waals surface area (Å²) in [5.41, 5.74) is 7.02. The Morgan fingerprint density at radius 1 is 1.16 bits per heavy atom. The fourth-order valence-corrected chi connectivity index (χ4v) is 2.74. The molecule has 0 bridgehead atoms. The lowest BCUT2D eigenvalue weighted by Crippen LogP contribution is -2.48. The van der Waals surface area contributed by atoms with Crippen molar-refractivity contribution in [3.63, 3.8) is 0 Å². The van der Waals surface area contributed by atoms with Crippen LogP contribution in [0.1, 0.15) is 22.3 Å². The second-order valence-corrected chi connectivity index (χ2v) is 6.20. The first kappa shape index (κ1) is 17.1. The molecule has 1 atom stereocenters. The van der Waals surface area contributed by atoms with Crippen molar-refractivity contribution in [2.45, 2.75) is 19.4 Å². The molecule has 1 fully saturated rings. The summed E-state index contributed by atoms with van der Waals surface area (Å²) in [6.07, 6.45) is -0.0322. The third-order valence-corrected chi connectivity index (χ3v) is 4.12. The summed E-state index contributed by atoms with van der Waals surface area (Å²) < 4.78 is 0. The van der Waals surface area contributed by atoms with Crippen molar-refractivity contribution < 1.29 is 14.4 Å². The molecule has 1 unspecified atom stereocenters. The molecule has 2 aromatic carbocycles. The number of imide groups is 1. The topological polar surface area (TPSA) is 78.5 Å². The van der Waals surface area contributed by atoms with Gasteiger partial charge >= 0.3 is 0 Å². The quantitative estimate of drug-likeness (QED) is 0.649. The molecular formula is C18H16ClN3O3. The van der Waals surface area contributed by atoms with Gasteiger partial charge in [-0.1, -0.05) is 29.3 Å². The highest BCUT2D eigenvalue weighted by Gasteiger charge is 2.39. The Balaban J connectivity index is 1.66. The minimum absolute atomic E-state index is 0.0322. The van der Waals surface area contributed by atoms with Crippen molar-refractivity contribution in [3.8, 4) is 0 Å². The second-order valence-electron chi connectivity index (χ2n) is 5.77. The first-order chi connectivity index (χ1) is 12.0. The largest absolute Gasteiger partial charge is 0.287 e. The van der Waals surface area contributed by atoms with Gasteiger partial charge in [-0.05, 0) is 43.3 Å². The smallest absolute Gasteiger partial charge is 0.265 e. The normalized spacial score (nSPS) is 17.0. The van der Waals surface area contributed by atoms with Crippen molar-refractivity contribution >= 4 is 35.0 Å². The van der Waals surface area contributed by atoms with E-state index in [1.54, 1.807) is 42.5 Å². The SMILES string of the molecule is Cc1cccc(C(=O)NNC2CC(=O)N(c3ccc(Cl)cc3)C2=O)c1. The second kappa shape index (κ2) is 7.04. The van der Waals surface area contributed by atoms with Gasteiger partial charge in [-0.15, -0.1) is 0 Å². The summed E-state index contributed by atoms with van der Waals surface area (Å²) in [5.74, 6) is -1.12. The fraction of sp³-hybridized carbons (Fsp3) is 0.167. The highest BCUT2D eigenvalue weighted by atomic mass is 35.5. The van der Waals surface area contributed by atoms with Crippen molar-refractivity contribution in [3.05, 3.63) is 64.7 Å². The molecular weight excluding hydrogens is 342 g/mol. The average molecular weight is 358 g/mol. The monoisotopic (exact) mass is 357 g/mol. The van der Waals surface area contributed by atoms with E-state index in [2.05, 4.69) is 10.9 Å². The van der Waals surface area contributed by atoms with Gasteiger partial charge in [0.15, 0.2) is 0 Å². The van der Waals surface area contributed by atoms with Gasteiger partial charge in [0, 0.05) is 10.6 Å². The van der Waals surface area contributed by atoms with E-state index in [-0.39, 0.29) is 18.2 Å². The highest BCUT2D eigenvalue weighted by molar-refractivity contribution is 6.30. The van der Waals surface area contributed by atoms with Gasteiger partial charge in [0.25, 0.3) is 11.8 Å². The van der Waals surface area contributed by atoms with Crippen LogP contribution in [0, 0.1) is 6.92 Å². The third kappa shape index (κ3) is 3.70. The van der Waals surface area contributed by atoms with Crippen LogP contribution in [0.15, 0.2) is 48.5 Å². The number of carbonyl (C=O) groups excluding carboxylic acids is 3. The van der Waals surface area contributed by atoms with Crippen molar-refractivity contribution in [2.24, 2.45) is 0 Å². The lowest BCUT2D eigenvalue weighted by Gasteiger charge is -2.16. The van der Waals surface area contributed by atoms with E-state index < -0.39 is 11.9 Å². The minimum atomic E-state index is -0.808. The number of halogens is 1. The van der Waals surface area contributed by atoms with Crippen LogP contribution >= 0.6 is 11.6 Å². The molecule has 3 amide bonds. The molecule has 0 saturated carbocycles. The molecule has 7 heteroatoms. The molecule has 0 radical (unpaired) electrons. The van der Waals surface area contributed by atoms with Crippen LogP contribution in [-0.4, -0.2) is 23.8 Å². The molecule has 2 N–H and O–H groups in total. The summed E-state index contributed by atoms with van der Waals surface area (Å²) in [6.45, 7) is 1.88.